The minimum Gasteiger partial charge on any atom is -0.466 e. The Bertz CT molecular complexity index is 406. The van der Waals surface area contributed by atoms with Gasteiger partial charge in [-0.15, -0.1) is 0 Å². The van der Waals surface area contributed by atoms with Crippen LogP contribution in [0.3, 0.4) is 0 Å². The van der Waals surface area contributed by atoms with Crippen molar-refractivity contribution in [2.24, 2.45) is 5.92 Å². The lowest BCUT2D eigenvalue weighted by Gasteiger charge is -2.16. The molecular formula is C33H66O2. The molecule has 2 heteroatoms. The molecule has 0 rings (SSSR count). The van der Waals surface area contributed by atoms with E-state index in [1.807, 2.05) is 0 Å². The lowest BCUT2D eigenvalue weighted by molar-refractivity contribution is -0.145. The molecule has 1 atom stereocenters. The van der Waals surface area contributed by atoms with E-state index in [4.69, 9.17) is 4.74 Å². The average Bonchev–Trinajstić information content (AvgIpc) is 2.85. The van der Waals surface area contributed by atoms with Crippen LogP contribution in [0.15, 0.2) is 0 Å². The highest BCUT2D eigenvalue weighted by Crippen LogP contribution is 2.23. The molecule has 0 radical (unpaired) electrons. The molecule has 0 aromatic rings. The van der Waals surface area contributed by atoms with Gasteiger partial charge < -0.3 is 4.74 Å². The minimum atomic E-state index is 0.0504. The van der Waals surface area contributed by atoms with Crippen molar-refractivity contribution in [3.05, 3.63) is 0 Å². The molecular weight excluding hydrogens is 428 g/mol. The molecule has 0 fully saturated rings. The monoisotopic (exact) mass is 495 g/mol. The lowest BCUT2D eigenvalue weighted by atomic mass is 9.91. The maximum absolute atomic E-state index is 12.3. The molecule has 35 heavy (non-hydrogen) atoms. The largest absolute Gasteiger partial charge is 0.466 e. The zero-order valence-electron chi connectivity index (χ0n) is 24.7. The van der Waals surface area contributed by atoms with Gasteiger partial charge in [-0.05, 0) is 25.2 Å². The van der Waals surface area contributed by atoms with Crippen LogP contribution in [0.2, 0.25) is 0 Å². The topological polar surface area (TPSA) is 26.3 Å². The highest BCUT2D eigenvalue weighted by Gasteiger charge is 2.14. The van der Waals surface area contributed by atoms with Gasteiger partial charge in [0.15, 0.2) is 0 Å². The molecule has 0 aromatic heterocycles. The molecule has 0 bridgehead atoms. The summed E-state index contributed by atoms with van der Waals surface area (Å²) in [6.07, 6.45) is 35.8. The molecule has 0 aromatic carbocycles. The summed E-state index contributed by atoms with van der Waals surface area (Å²) in [5, 5.41) is 0. The summed E-state index contributed by atoms with van der Waals surface area (Å²) < 4.78 is 5.49. The summed E-state index contributed by atoms with van der Waals surface area (Å²) in [6, 6.07) is 0. The van der Waals surface area contributed by atoms with Crippen molar-refractivity contribution in [1.82, 2.24) is 0 Å². The molecule has 0 aliphatic rings. The second-order valence-electron chi connectivity index (χ2n) is 11.3. The van der Waals surface area contributed by atoms with E-state index in [2.05, 4.69) is 20.8 Å². The van der Waals surface area contributed by atoms with Crippen LogP contribution in [0.25, 0.3) is 0 Å². The molecule has 0 saturated heterocycles. The number of rotatable bonds is 29. The Labute approximate surface area is 222 Å². The molecule has 0 heterocycles. The SMILES string of the molecule is CCCCCCCCCCCCCCC(CCCCCCCCCCCC)CC(=O)OCCCC. The number of hydrogen-bond donors (Lipinski definition) is 0. The minimum absolute atomic E-state index is 0.0504. The normalized spacial score (nSPS) is 12.2. The molecule has 1 unspecified atom stereocenters. The number of esters is 1. The molecule has 0 amide bonds. The van der Waals surface area contributed by atoms with Gasteiger partial charge in [-0.3, -0.25) is 4.79 Å². The highest BCUT2D eigenvalue weighted by molar-refractivity contribution is 5.69. The Hall–Kier alpha value is -0.530. The fourth-order valence-electron chi connectivity index (χ4n) is 5.17. The molecule has 0 aliphatic carbocycles. The lowest BCUT2D eigenvalue weighted by Crippen LogP contribution is -2.13. The summed E-state index contributed by atoms with van der Waals surface area (Å²) in [4.78, 5) is 12.3. The summed E-state index contributed by atoms with van der Waals surface area (Å²) in [6.45, 7) is 7.34. The van der Waals surface area contributed by atoms with Crippen LogP contribution in [0.4, 0.5) is 0 Å². The quantitative estimate of drug-likeness (QED) is 0.0763. The van der Waals surface area contributed by atoms with Crippen molar-refractivity contribution >= 4 is 5.97 Å². The van der Waals surface area contributed by atoms with E-state index in [9.17, 15) is 4.79 Å². The van der Waals surface area contributed by atoms with E-state index in [1.165, 1.54) is 154 Å². The van der Waals surface area contributed by atoms with Crippen molar-refractivity contribution in [2.45, 2.75) is 194 Å². The molecule has 0 N–H and O–H groups in total. The van der Waals surface area contributed by atoms with Gasteiger partial charge >= 0.3 is 5.97 Å². The van der Waals surface area contributed by atoms with Crippen LogP contribution in [-0.4, -0.2) is 12.6 Å². The summed E-state index contributed by atoms with van der Waals surface area (Å²) >= 11 is 0. The third-order valence-corrected chi connectivity index (χ3v) is 7.65. The first-order valence-electron chi connectivity index (χ1n) is 16.4. The first-order valence-corrected chi connectivity index (χ1v) is 16.4. The maximum Gasteiger partial charge on any atom is 0.306 e. The van der Waals surface area contributed by atoms with Gasteiger partial charge in [0.2, 0.25) is 0 Å². The molecule has 0 spiro atoms. The van der Waals surface area contributed by atoms with Crippen LogP contribution in [0.1, 0.15) is 194 Å². The van der Waals surface area contributed by atoms with Gasteiger partial charge in [0.05, 0.1) is 6.61 Å². The third-order valence-electron chi connectivity index (χ3n) is 7.65. The zero-order chi connectivity index (χ0) is 25.7. The van der Waals surface area contributed by atoms with E-state index < -0.39 is 0 Å². The Kier molecular flexibility index (Phi) is 29.2. The van der Waals surface area contributed by atoms with Gasteiger partial charge in [-0.2, -0.15) is 0 Å². The number of unbranched alkanes of at least 4 members (excludes halogenated alkanes) is 21. The van der Waals surface area contributed by atoms with Gasteiger partial charge in [0, 0.05) is 6.42 Å². The van der Waals surface area contributed by atoms with Crippen molar-refractivity contribution in [1.29, 1.82) is 0 Å². The van der Waals surface area contributed by atoms with Crippen molar-refractivity contribution in [3.8, 4) is 0 Å². The first-order chi connectivity index (χ1) is 17.2. The predicted octanol–water partition coefficient (Wildman–Crippen LogP) is 11.7. The van der Waals surface area contributed by atoms with Crippen LogP contribution in [-0.2, 0) is 9.53 Å². The van der Waals surface area contributed by atoms with Crippen molar-refractivity contribution < 1.29 is 9.53 Å². The van der Waals surface area contributed by atoms with Gasteiger partial charge in [-0.25, -0.2) is 0 Å². The third kappa shape index (κ3) is 27.9. The van der Waals surface area contributed by atoms with Gasteiger partial charge in [0.25, 0.3) is 0 Å². The van der Waals surface area contributed by atoms with Crippen molar-refractivity contribution in [3.63, 3.8) is 0 Å². The van der Waals surface area contributed by atoms with Crippen LogP contribution in [0.5, 0.6) is 0 Å². The standard InChI is InChI=1S/C33H66O2/c1-4-7-10-12-14-16-18-19-21-23-25-27-29-32(31-33(34)35-30-9-6-3)28-26-24-22-20-17-15-13-11-8-5-2/h32H,4-31H2,1-3H3. The van der Waals surface area contributed by atoms with E-state index in [0.29, 0.717) is 18.9 Å². The number of carbonyl (C=O) groups is 1. The van der Waals surface area contributed by atoms with Gasteiger partial charge in [0.1, 0.15) is 0 Å². The average molecular weight is 495 g/mol. The smallest absolute Gasteiger partial charge is 0.306 e. The molecule has 0 aliphatic heterocycles. The summed E-state index contributed by atoms with van der Waals surface area (Å²) in [5.74, 6) is 0.593. The molecule has 2 nitrogen and oxygen atoms in total. The highest BCUT2D eigenvalue weighted by atomic mass is 16.5. The Balaban J connectivity index is 3.88. The van der Waals surface area contributed by atoms with Crippen LogP contribution in [0, 0.1) is 5.92 Å². The summed E-state index contributed by atoms with van der Waals surface area (Å²) in [7, 11) is 0. The fourth-order valence-corrected chi connectivity index (χ4v) is 5.17. The molecule has 210 valence electrons. The number of carbonyl (C=O) groups excluding carboxylic acids is 1. The Morgan fingerprint density at radius 1 is 0.457 bits per heavy atom. The Morgan fingerprint density at radius 3 is 1.11 bits per heavy atom. The first kappa shape index (κ1) is 34.5. The number of ether oxygens (including phenoxy) is 1. The Morgan fingerprint density at radius 2 is 0.771 bits per heavy atom. The van der Waals surface area contributed by atoms with Crippen LogP contribution >= 0.6 is 0 Å². The number of hydrogen-bond acceptors (Lipinski definition) is 2. The van der Waals surface area contributed by atoms with Gasteiger partial charge in [-0.1, -0.05) is 168 Å². The fraction of sp³-hybridized carbons (Fsp3) is 0.970. The second-order valence-corrected chi connectivity index (χ2v) is 11.3. The zero-order valence-corrected chi connectivity index (χ0v) is 24.7. The van der Waals surface area contributed by atoms with E-state index >= 15 is 0 Å². The maximum atomic E-state index is 12.3. The predicted molar refractivity (Wildman–Crippen MR) is 156 cm³/mol. The van der Waals surface area contributed by atoms with Crippen LogP contribution < -0.4 is 0 Å². The van der Waals surface area contributed by atoms with E-state index in [0.717, 1.165) is 12.8 Å². The van der Waals surface area contributed by atoms with Crippen molar-refractivity contribution in [2.75, 3.05) is 6.61 Å². The second kappa shape index (κ2) is 29.7. The molecule has 0 saturated carbocycles. The van der Waals surface area contributed by atoms with E-state index in [-0.39, 0.29) is 5.97 Å². The van der Waals surface area contributed by atoms with E-state index in [1.54, 1.807) is 0 Å². The summed E-state index contributed by atoms with van der Waals surface area (Å²) in [5.41, 5.74) is 0.